The Morgan fingerprint density at radius 1 is 1.09 bits per heavy atom. The van der Waals surface area contributed by atoms with Crippen LogP contribution in [0.2, 0.25) is 0 Å². The van der Waals surface area contributed by atoms with Gasteiger partial charge in [0, 0.05) is 25.0 Å². The third kappa shape index (κ3) is 9.19. The summed E-state index contributed by atoms with van der Waals surface area (Å²) in [6.07, 6.45) is -10.7. The Bertz CT molecular complexity index is 1510. The fourth-order valence-corrected chi connectivity index (χ4v) is 5.84. The molecule has 47 heavy (non-hydrogen) atoms. The van der Waals surface area contributed by atoms with Crippen LogP contribution in [0.3, 0.4) is 0 Å². The number of hydrogen-bond acceptors (Lipinski definition) is 6. The van der Waals surface area contributed by atoms with Gasteiger partial charge in [0.05, 0.1) is 30.4 Å². The van der Waals surface area contributed by atoms with E-state index in [-0.39, 0.29) is 37.2 Å². The topological polar surface area (TPSA) is 109 Å². The van der Waals surface area contributed by atoms with Gasteiger partial charge in [-0.15, -0.1) is 0 Å². The molecule has 0 radical (unpaired) electrons. The van der Waals surface area contributed by atoms with Crippen LogP contribution < -0.4 is 10.6 Å². The summed E-state index contributed by atoms with van der Waals surface area (Å²) in [7, 11) is 0. The number of aryl methyl sites for hydroxylation is 2. The van der Waals surface area contributed by atoms with Crippen LogP contribution in [0.1, 0.15) is 59.2 Å². The van der Waals surface area contributed by atoms with E-state index in [1.807, 2.05) is 35.2 Å². The van der Waals surface area contributed by atoms with Crippen molar-refractivity contribution in [3.8, 4) is 0 Å². The highest BCUT2D eigenvalue weighted by Gasteiger charge is 2.40. The minimum absolute atomic E-state index is 0.0742. The molecule has 0 aliphatic carbocycles. The number of nitrogens with zero attached hydrogens (tertiary/aromatic N) is 3. The van der Waals surface area contributed by atoms with Crippen molar-refractivity contribution >= 4 is 24.3 Å². The van der Waals surface area contributed by atoms with Gasteiger partial charge in [0.25, 0.3) is 5.91 Å². The molecule has 1 aromatic heterocycles. The number of urea groups is 1. The second kappa shape index (κ2) is 14.7. The Kier molecular flexibility index (Phi) is 11.1. The Balaban J connectivity index is 1.58. The monoisotopic (exact) mass is 667 g/mol. The first kappa shape index (κ1) is 35.6. The number of likely N-dealkylation sites (tertiary alicyclic amines) is 1. The van der Waals surface area contributed by atoms with Gasteiger partial charge in [-0.05, 0) is 69.2 Å². The molecule has 1 aliphatic rings. The number of aliphatic imine (C=N–C) groups is 1. The SMILES string of the molecule is C=NC(=O)CN1C[C@@H](CNC(=O)Nc2c(C)noc2C)CC(CO[C@H](C)c2cc(C(F)(F)F)cc(C(F)(F)F)c2)[C@H]1c1ccccc1. The van der Waals surface area contributed by atoms with E-state index in [1.165, 1.54) is 6.92 Å². The number of amides is 3. The lowest BCUT2D eigenvalue weighted by molar-refractivity contribution is -0.143. The van der Waals surface area contributed by atoms with E-state index >= 15 is 0 Å². The number of benzene rings is 2. The van der Waals surface area contributed by atoms with Crippen LogP contribution in [0, 0.1) is 25.7 Å². The predicted octanol–water partition coefficient (Wildman–Crippen LogP) is 7.13. The Hall–Kier alpha value is -4.24. The van der Waals surface area contributed by atoms with E-state index in [9.17, 15) is 35.9 Å². The van der Waals surface area contributed by atoms with Crippen LogP contribution >= 0.6 is 0 Å². The van der Waals surface area contributed by atoms with Crippen LogP contribution in [0.15, 0.2) is 58.0 Å². The molecule has 15 heteroatoms. The van der Waals surface area contributed by atoms with E-state index in [0.717, 1.165) is 5.56 Å². The molecule has 4 rings (SSSR count). The highest BCUT2D eigenvalue weighted by atomic mass is 19.4. The van der Waals surface area contributed by atoms with Crippen LogP contribution in [-0.4, -0.2) is 55.0 Å². The summed E-state index contributed by atoms with van der Waals surface area (Å²) >= 11 is 0. The van der Waals surface area contributed by atoms with E-state index in [1.54, 1.807) is 13.8 Å². The maximum absolute atomic E-state index is 13.5. The fraction of sp³-hybridized carbons (Fsp3) is 0.438. The van der Waals surface area contributed by atoms with Crippen LogP contribution in [0.5, 0.6) is 0 Å². The van der Waals surface area contributed by atoms with E-state index in [0.29, 0.717) is 42.2 Å². The van der Waals surface area contributed by atoms with Gasteiger partial charge >= 0.3 is 18.4 Å². The highest BCUT2D eigenvalue weighted by Crippen LogP contribution is 2.41. The minimum Gasteiger partial charge on any atom is -0.373 e. The second-order valence-electron chi connectivity index (χ2n) is 11.5. The molecule has 254 valence electrons. The molecule has 0 bridgehead atoms. The van der Waals surface area contributed by atoms with Crippen LogP contribution in [0.25, 0.3) is 0 Å². The Morgan fingerprint density at radius 3 is 2.28 bits per heavy atom. The van der Waals surface area contributed by atoms with E-state index < -0.39 is 53.5 Å². The summed E-state index contributed by atoms with van der Waals surface area (Å²) < 4.78 is 92.2. The molecule has 4 atom stereocenters. The van der Waals surface area contributed by atoms with Crippen LogP contribution in [0.4, 0.5) is 36.8 Å². The summed E-state index contributed by atoms with van der Waals surface area (Å²) in [5.41, 5.74) is -1.39. The van der Waals surface area contributed by atoms with Crippen molar-refractivity contribution in [3.63, 3.8) is 0 Å². The first-order valence-electron chi connectivity index (χ1n) is 14.7. The Morgan fingerprint density at radius 2 is 1.72 bits per heavy atom. The zero-order valence-electron chi connectivity index (χ0n) is 25.9. The molecular formula is C32H35F6N5O4. The zero-order valence-corrected chi connectivity index (χ0v) is 25.9. The summed E-state index contributed by atoms with van der Waals surface area (Å²) in [5, 5.41) is 9.33. The lowest BCUT2D eigenvalue weighted by atomic mass is 9.80. The average Bonchev–Trinajstić information content (AvgIpc) is 3.33. The lowest BCUT2D eigenvalue weighted by Gasteiger charge is -2.45. The summed E-state index contributed by atoms with van der Waals surface area (Å²) in [6, 6.07) is 9.61. The maximum Gasteiger partial charge on any atom is 0.416 e. The number of halogens is 6. The average molecular weight is 668 g/mol. The largest absolute Gasteiger partial charge is 0.416 e. The van der Waals surface area contributed by atoms with Crippen molar-refractivity contribution in [2.45, 2.75) is 51.7 Å². The second-order valence-corrected chi connectivity index (χ2v) is 11.5. The molecule has 9 nitrogen and oxygen atoms in total. The molecule has 2 aromatic carbocycles. The first-order valence-corrected chi connectivity index (χ1v) is 14.7. The van der Waals surface area contributed by atoms with Gasteiger partial charge in [0.15, 0.2) is 5.76 Å². The molecule has 2 N–H and O–H groups in total. The molecule has 1 saturated heterocycles. The molecule has 0 saturated carbocycles. The van der Waals surface area contributed by atoms with Crippen molar-refractivity contribution in [2.24, 2.45) is 16.8 Å². The van der Waals surface area contributed by atoms with Gasteiger partial charge in [-0.3, -0.25) is 9.69 Å². The number of ether oxygens (including phenoxy) is 1. The van der Waals surface area contributed by atoms with Crippen LogP contribution in [-0.2, 0) is 21.9 Å². The molecule has 2 heterocycles. The van der Waals surface area contributed by atoms with Gasteiger partial charge in [0.1, 0.15) is 11.4 Å². The van der Waals surface area contributed by atoms with Gasteiger partial charge in [-0.2, -0.15) is 26.3 Å². The predicted molar refractivity (Wildman–Crippen MR) is 161 cm³/mol. The van der Waals surface area contributed by atoms with Crippen molar-refractivity contribution in [2.75, 3.05) is 31.6 Å². The number of anilines is 1. The number of alkyl halides is 6. The number of piperidine rings is 1. The number of rotatable bonds is 10. The highest BCUT2D eigenvalue weighted by molar-refractivity contribution is 5.90. The van der Waals surface area contributed by atoms with Gasteiger partial charge in [-0.25, -0.2) is 9.79 Å². The third-order valence-electron chi connectivity index (χ3n) is 8.09. The fourth-order valence-electron chi connectivity index (χ4n) is 5.84. The number of carbonyl (C=O) groups is 2. The van der Waals surface area contributed by atoms with Crippen molar-refractivity contribution in [1.82, 2.24) is 15.4 Å². The third-order valence-corrected chi connectivity index (χ3v) is 8.09. The molecular weight excluding hydrogens is 632 g/mol. The normalized spacial score (nSPS) is 19.6. The van der Waals surface area contributed by atoms with Crippen molar-refractivity contribution < 1.29 is 45.2 Å². The van der Waals surface area contributed by atoms with Gasteiger partial charge < -0.3 is 19.9 Å². The van der Waals surface area contributed by atoms with Crippen molar-refractivity contribution in [1.29, 1.82) is 0 Å². The quantitative estimate of drug-likeness (QED) is 0.176. The summed E-state index contributed by atoms with van der Waals surface area (Å²) in [5.74, 6) is -0.682. The summed E-state index contributed by atoms with van der Waals surface area (Å²) in [4.78, 5) is 30.6. The van der Waals surface area contributed by atoms with Gasteiger partial charge in [0.2, 0.25) is 0 Å². The van der Waals surface area contributed by atoms with Gasteiger partial charge in [-0.1, -0.05) is 35.5 Å². The smallest absolute Gasteiger partial charge is 0.373 e. The molecule has 1 aliphatic heterocycles. The van der Waals surface area contributed by atoms with E-state index in [2.05, 4.69) is 27.5 Å². The van der Waals surface area contributed by atoms with Crippen molar-refractivity contribution in [3.05, 3.63) is 82.2 Å². The number of aromatic nitrogens is 1. The van der Waals surface area contributed by atoms with E-state index in [4.69, 9.17) is 9.26 Å². The maximum atomic E-state index is 13.5. The molecule has 1 fully saturated rings. The molecule has 1 unspecified atom stereocenters. The number of nitrogens with one attached hydrogen (secondary N) is 2. The number of carbonyl (C=O) groups excluding carboxylic acids is 2. The Labute approximate surface area is 267 Å². The molecule has 3 amide bonds. The first-order chi connectivity index (χ1) is 22.1. The zero-order chi connectivity index (χ0) is 34.5. The number of hydrogen-bond donors (Lipinski definition) is 2. The lowest BCUT2D eigenvalue weighted by Crippen LogP contribution is -2.49. The molecule has 0 spiro atoms. The standard InChI is InChI=1S/C32H35F6N5O4/c1-18-28(20(3)47-42-18)41-30(45)40-14-21-10-24(29(22-8-6-5-7-9-22)43(15-21)16-27(44)39-4)17-46-19(2)23-11-25(31(33,34)35)13-26(12-23)32(36,37)38/h5-9,11-13,19,21,24,29H,4,10,14-17H2,1-3H3,(H2,40,41,45)/t19-,21-,24?,29-/m1/s1. The minimum atomic E-state index is -5.00. The summed E-state index contributed by atoms with van der Waals surface area (Å²) in [6.45, 7) is 8.39. The molecule has 3 aromatic rings.